The number of benzene rings is 3. The highest BCUT2D eigenvalue weighted by Crippen LogP contribution is 2.27. The quantitative estimate of drug-likeness (QED) is 0.558. The van der Waals surface area contributed by atoms with Crippen molar-refractivity contribution in [2.75, 3.05) is 44.2 Å². The second kappa shape index (κ2) is 10.8. The lowest BCUT2D eigenvalue weighted by molar-refractivity contribution is -0.00893. The highest BCUT2D eigenvalue weighted by Gasteiger charge is 2.22. The molecule has 5 heteroatoms. The van der Waals surface area contributed by atoms with Crippen LogP contribution in [0.3, 0.4) is 0 Å². The molecule has 3 aromatic rings. The number of para-hydroxylation sites is 1. The summed E-state index contributed by atoms with van der Waals surface area (Å²) in [6.45, 7) is 4.47. The molecule has 1 N–H and O–H groups in total. The lowest BCUT2D eigenvalue weighted by atomic mass is 10.0. The van der Waals surface area contributed by atoms with Crippen molar-refractivity contribution in [2.45, 2.75) is 12.2 Å². The molecular weight excluding hydrogens is 408 g/mol. The number of hydrogen-bond donors (Lipinski definition) is 1. The van der Waals surface area contributed by atoms with Gasteiger partial charge in [0.05, 0.1) is 23.4 Å². The summed E-state index contributed by atoms with van der Waals surface area (Å²) in [7, 11) is 0. The summed E-state index contributed by atoms with van der Waals surface area (Å²) in [5.74, 6) is 0. The molecule has 0 radical (unpaired) electrons. The molecule has 0 aromatic heterocycles. The van der Waals surface area contributed by atoms with Crippen LogP contribution in [0, 0.1) is 0 Å². The van der Waals surface area contributed by atoms with Crippen LogP contribution in [0.5, 0.6) is 0 Å². The fourth-order valence-corrected chi connectivity index (χ4v) is 4.33. The molecule has 1 aliphatic heterocycles. The Balaban J connectivity index is 1.30. The second-order valence-corrected chi connectivity index (χ2v) is 8.33. The molecule has 1 atom stereocenters. The number of rotatable bonds is 8. The van der Waals surface area contributed by atoms with E-state index in [1.165, 1.54) is 0 Å². The summed E-state index contributed by atoms with van der Waals surface area (Å²) in [6.07, 6.45) is -0.726. The number of piperazine rings is 1. The molecule has 0 amide bonds. The molecule has 0 unspecified atom stereocenters. The standard InChI is InChI=1S/C26H29ClN2O2/c27-24-13-7-8-14-25(24)29-17-15-28(16-18-29)19-23(30)20-31-26(21-9-3-1-4-10-21)22-11-5-2-6-12-22/h1-14,23,26,30H,15-20H2/t23-/m0/s1. The Bertz CT molecular complexity index is 891. The SMILES string of the molecule is O[C@H](COC(c1ccccc1)c1ccccc1)CN1CCN(c2ccccc2Cl)CC1. The third-order valence-corrected chi connectivity index (χ3v) is 6.01. The molecule has 31 heavy (non-hydrogen) atoms. The molecule has 0 bridgehead atoms. The van der Waals surface area contributed by atoms with Gasteiger partial charge in [-0.05, 0) is 23.3 Å². The number of halogens is 1. The number of hydrogen-bond acceptors (Lipinski definition) is 4. The molecule has 0 aliphatic carbocycles. The minimum Gasteiger partial charge on any atom is -0.389 e. The molecule has 1 heterocycles. The van der Waals surface area contributed by atoms with E-state index >= 15 is 0 Å². The van der Waals surface area contributed by atoms with Gasteiger partial charge in [0.2, 0.25) is 0 Å². The van der Waals surface area contributed by atoms with Crippen molar-refractivity contribution in [1.29, 1.82) is 0 Å². The minimum absolute atomic E-state index is 0.186. The lowest BCUT2D eigenvalue weighted by Gasteiger charge is -2.37. The average molecular weight is 437 g/mol. The molecule has 1 fully saturated rings. The van der Waals surface area contributed by atoms with Crippen molar-refractivity contribution in [2.24, 2.45) is 0 Å². The molecule has 1 saturated heterocycles. The van der Waals surface area contributed by atoms with Gasteiger partial charge in [0.15, 0.2) is 0 Å². The van der Waals surface area contributed by atoms with Crippen molar-refractivity contribution in [1.82, 2.24) is 4.90 Å². The maximum absolute atomic E-state index is 10.7. The molecule has 0 spiro atoms. The monoisotopic (exact) mass is 436 g/mol. The molecule has 162 valence electrons. The number of ether oxygens (including phenoxy) is 1. The van der Waals surface area contributed by atoms with Gasteiger partial charge >= 0.3 is 0 Å². The Morgan fingerprint density at radius 1 is 0.774 bits per heavy atom. The number of anilines is 1. The van der Waals surface area contributed by atoms with Crippen LogP contribution in [0.4, 0.5) is 5.69 Å². The minimum atomic E-state index is -0.540. The van der Waals surface area contributed by atoms with Gasteiger partial charge in [0.1, 0.15) is 6.10 Å². The lowest BCUT2D eigenvalue weighted by Crippen LogP contribution is -2.49. The number of aliphatic hydroxyl groups excluding tert-OH is 1. The summed E-state index contributed by atoms with van der Waals surface area (Å²) in [4.78, 5) is 4.60. The van der Waals surface area contributed by atoms with E-state index in [9.17, 15) is 5.11 Å². The Labute approximate surface area is 189 Å². The van der Waals surface area contributed by atoms with E-state index in [1.54, 1.807) is 0 Å². The van der Waals surface area contributed by atoms with Gasteiger partial charge in [-0.15, -0.1) is 0 Å². The maximum atomic E-state index is 10.7. The Morgan fingerprint density at radius 2 is 1.32 bits per heavy atom. The first-order chi connectivity index (χ1) is 15.2. The van der Waals surface area contributed by atoms with E-state index in [1.807, 2.05) is 54.6 Å². The van der Waals surface area contributed by atoms with Crippen LogP contribution in [-0.2, 0) is 4.74 Å². The molecular formula is C26H29ClN2O2. The third-order valence-electron chi connectivity index (χ3n) is 5.69. The predicted octanol–water partition coefficient (Wildman–Crippen LogP) is 4.63. The van der Waals surface area contributed by atoms with Crippen molar-refractivity contribution >= 4 is 17.3 Å². The van der Waals surface area contributed by atoms with Crippen LogP contribution < -0.4 is 4.90 Å². The average Bonchev–Trinajstić information content (AvgIpc) is 2.82. The van der Waals surface area contributed by atoms with Crippen LogP contribution in [0.1, 0.15) is 17.2 Å². The van der Waals surface area contributed by atoms with Crippen LogP contribution in [0.25, 0.3) is 0 Å². The number of aliphatic hydroxyl groups is 1. The maximum Gasteiger partial charge on any atom is 0.108 e. The first-order valence-electron chi connectivity index (χ1n) is 10.8. The molecule has 0 saturated carbocycles. The van der Waals surface area contributed by atoms with Crippen LogP contribution in [0.15, 0.2) is 84.9 Å². The van der Waals surface area contributed by atoms with E-state index in [0.29, 0.717) is 13.2 Å². The van der Waals surface area contributed by atoms with Gasteiger partial charge in [-0.3, -0.25) is 4.90 Å². The topological polar surface area (TPSA) is 35.9 Å². The zero-order valence-corrected chi connectivity index (χ0v) is 18.4. The van der Waals surface area contributed by atoms with Crippen LogP contribution >= 0.6 is 11.6 Å². The second-order valence-electron chi connectivity index (χ2n) is 7.93. The van der Waals surface area contributed by atoms with Gasteiger partial charge in [0, 0.05) is 32.7 Å². The van der Waals surface area contributed by atoms with E-state index < -0.39 is 6.10 Å². The number of nitrogens with zero attached hydrogens (tertiary/aromatic N) is 2. The summed E-state index contributed by atoms with van der Waals surface area (Å²) in [5, 5.41) is 11.5. The van der Waals surface area contributed by atoms with Gasteiger partial charge in [-0.25, -0.2) is 0 Å². The Morgan fingerprint density at radius 3 is 1.90 bits per heavy atom. The first-order valence-corrected chi connectivity index (χ1v) is 11.2. The Kier molecular flexibility index (Phi) is 7.60. The van der Waals surface area contributed by atoms with Gasteiger partial charge < -0.3 is 14.7 Å². The van der Waals surface area contributed by atoms with E-state index in [4.69, 9.17) is 16.3 Å². The predicted molar refractivity (Wildman–Crippen MR) is 127 cm³/mol. The molecule has 4 rings (SSSR count). The number of β-amino-alcohol motifs (C(OH)–C–C–N with tert-alkyl or cyclic N) is 1. The molecule has 3 aromatic carbocycles. The first kappa shape index (κ1) is 21.8. The summed E-state index contributed by atoms with van der Waals surface area (Å²) in [5.41, 5.74) is 3.27. The normalized spacial score (nSPS) is 15.9. The Hall–Kier alpha value is -2.37. The van der Waals surface area contributed by atoms with Crippen molar-refractivity contribution in [3.05, 3.63) is 101 Å². The van der Waals surface area contributed by atoms with Gasteiger partial charge in [0.25, 0.3) is 0 Å². The van der Waals surface area contributed by atoms with Crippen LogP contribution in [0.2, 0.25) is 5.02 Å². The van der Waals surface area contributed by atoms with Crippen molar-refractivity contribution < 1.29 is 9.84 Å². The highest BCUT2D eigenvalue weighted by atomic mass is 35.5. The van der Waals surface area contributed by atoms with Gasteiger partial charge in [-0.2, -0.15) is 0 Å². The van der Waals surface area contributed by atoms with Crippen molar-refractivity contribution in [3.8, 4) is 0 Å². The summed E-state index contributed by atoms with van der Waals surface area (Å²) >= 11 is 6.34. The summed E-state index contributed by atoms with van der Waals surface area (Å²) in [6, 6.07) is 28.3. The molecule has 1 aliphatic rings. The van der Waals surface area contributed by atoms with E-state index in [0.717, 1.165) is 48.0 Å². The van der Waals surface area contributed by atoms with E-state index in [-0.39, 0.29) is 6.10 Å². The fourth-order valence-electron chi connectivity index (χ4n) is 4.08. The largest absolute Gasteiger partial charge is 0.389 e. The highest BCUT2D eigenvalue weighted by molar-refractivity contribution is 6.33. The van der Waals surface area contributed by atoms with Crippen molar-refractivity contribution in [3.63, 3.8) is 0 Å². The zero-order valence-electron chi connectivity index (χ0n) is 17.6. The zero-order chi connectivity index (χ0) is 21.5. The van der Waals surface area contributed by atoms with Gasteiger partial charge in [-0.1, -0.05) is 84.4 Å². The molecule has 4 nitrogen and oxygen atoms in total. The smallest absolute Gasteiger partial charge is 0.108 e. The fraction of sp³-hybridized carbons (Fsp3) is 0.308. The third kappa shape index (κ3) is 5.86. The van der Waals surface area contributed by atoms with E-state index in [2.05, 4.69) is 40.1 Å². The van der Waals surface area contributed by atoms with Crippen LogP contribution in [-0.4, -0.2) is 55.4 Å². The summed E-state index contributed by atoms with van der Waals surface area (Å²) < 4.78 is 6.22.